The van der Waals surface area contributed by atoms with Crippen molar-refractivity contribution in [3.63, 3.8) is 0 Å². The Bertz CT molecular complexity index is 555. The largest absolute Gasteiger partial charge is 0.457 e. The Labute approximate surface area is 129 Å². The van der Waals surface area contributed by atoms with Crippen molar-refractivity contribution in [2.45, 2.75) is 19.9 Å². The first kappa shape index (κ1) is 15.2. The highest BCUT2D eigenvalue weighted by Crippen LogP contribution is 2.28. The van der Waals surface area contributed by atoms with E-state index >= 15 is 0 Å². The molecule has 0 bridgehead atoms. The Morgan fingerprint density at radius 3 is 2.40 bits per heavy atom. The van der Waals surface area contributed by atoms with Gasteiger partial charge in [-0.05, 0) is 55.4 Å². The summed E-state index contributed by atoms with van der Waals surface area (Å²) < 4.78 is 5.89. The zero-order chi connectivity index (χ0) is 14.4. The van der Waals surface area contributed by atoms with Crippen molar-refractivity contribution in [1.29, 1.82) is 0 Å². The molecule has 2 rings (SSSR count). The summed E-state index contributed by atoms with van der Waals surface area (Å²) in [7, 11) is 0. The lowest BCUT2D eigenvalue weighted by Gasteiger charge is -2.12. The first-order valence-corrected chi connectivity index (χ1v) is 7.37. The first-order chi connectivity index (χ1) is 9.69. The third kappa shape index (κ3) is 4.41. The van der Waals surface area contributed by atoms with E-state index in [-0.39, 0.29) is 0 Å². The highest BCUT2D eigenvalue weighted by atomic mass is 35.5. The number of rotatable bonds is 6. The van der Waals surface area contributed by atoms with Crippen LogP contribution in [0.4, 0.5) is 0 Å². The molecule has 0 aliphatic heterocycles. The van der Waals surface area contributed by atoms with E-state index in [4.69, 9.17) is 27.9 Å². The van der Waals surface area contributed by atoms with Crippen LogP contribution in [0.5, 0.6) is 11.5 Å². The van der Waals surface area contributed by atoms with Crippen LogP contribution in [-0.4, -0.2) is 6.54 Å². The minimum Gasteiger partial charge on any atom is -0.457 e. The average Bonchev–Trinajstić information content (AvgIpc) is 2.44. The van der Waals surface area contributed by atoms with Crippen LogP contribution in [0.2, 0.25) is 10.0 Å². The van der Waals surface area contributed by atoms with Gasteiger partial charge in [0.05, 0.1) is 0 Å². The fraction of sp³-hybridized carbons (Fsp3) is 0.250. The molecule has 0 spiro atoms. The number of nitrogens with one attached hydrogen (secondary N) is 1. The van der Waals surface area contributed by atoms with Crippen LogP contribution >= 0.6 is 23.2 Å². The van der Waals surface area contributed by atoms with E-state index in [1.807, 2.05) is 42.5 Å². The van der Waals surface area contributed by atoms with Gasteiger partial charge in [0.1, 0.15) is 11.5 Å². The molecule has 0 aromatic heterocycles. The Kier molecular flexibility index (Phi) is 5.72. The van der Waals surface area contributed by atoms with Gasteiger partial charge in [0, 0.05) is 22.2 Å². The molecule has 20 heavy (non-hydrogen) atoms. The number of ether oxygens (including phenoxy) is 1. The molecule has 0 heterocycles. The molecule has 0 aliphatic rings. The van der Waals surface area contributed by atoms with E-state index < -0.39 is 0 Å². The molecule has 2 aromatic carbocycles. The van der Waals surface area contributed by atoms with Crippen LogP contribution in [0.3, 0.4) is 0 Å². The average molecular weight is 310 g/mol. The quantitative estimate of drug-likeness (QED) is 0.732. The first-order valence-electron chi connectivity index (χ1n) is 6.61. The van der Waals surface area contributed by atoms with Crippen LogP contribution in [-0.2, 0) is 6.54 Å². The van der Waals surface area contributed by atoms with E-state index in [2.05, 4.69) is 12.2 Å². The highest BCUT2D eigenvalue weighted by Gasteiger charge is 2.06. The van der Waals surface area contributed by atoms with Crippen LogP contribution in [0, 0.1) is 0 Å². The summed E-state index contributed by atoms with van der Waals surface area (Å²) in [5, 5.41) is 4.76. The van der Waals surface area contributed by atoms with Crippen LogP contribution in [0.15, 0.2) is 42.5 Å². The molecular formula is C16H17Cl2NO. The zero-order valence-corrected chi connectivity index (χ0v) is 12.8. The lowest BCUT2D eigenvalue weighted by Crippen LogP contribution is -2.14. The van der Waals surface area contributed by atoms with Crippen molar-refractivity contribution < 1.29 is 4.74 Å². The van der Waals surface area contributed by atoms with Gasteiger partial charge in [0.2, 0.25) is 0 Å². The standard InChI is InChI=1S/C16H17Cl2NO/c1-2-9-19-11-12-10-14(18)5-8-16(12)20-15-6-3-13(17)4-7-15/h3-8,10,19H,2,9,11H2,1H3. The van der Waals surface area contributed by atoms with Crippen LogP contribution in [0.1, 0.15) is 18.9 Å². The van der Waals surface area contributed by atoms with Gasteiger partial charge in [-0.3, -0.25) is 0 Å². The maximum absolute atomic E-state index is 6.05. The van der Waals surface area contributed by atoms with E-state index in [0.717, 1.165) is 36.6 Å². The fourth-order valence-electron chi connectivity index (χ4n) is 1.82. The van der Waals surface area contributed by atoms with Gasteiger partial charge >= 0.3 is 0 Å². The minimum absolute atomic E-state index is 0.693. The normalized spacial score (nSPS) is 10.6. The number of halogens is 2. The molecule has 1 N–H and O–H groups in total. The molecule has 0 atom stereocenters. The predicted octanol–water partition coefficient (Wildman–Crippen LogP) is 5.29. The molecule has 0 amide bonds. The van der Waals surface area contributed by atoms with Crippen LogP contribution < -0.4 is 10.1 Å². The monoisotopic (exact) mass is 309 g/mol. The maximum atomic E-state index is 6.05. The smallest absolute Gasteiger partial charge is 0.132 e. The summed E-state index contributed by atoms with van der Waals surface area (Å²) >= 11 is 11.9. The lowest BCUT2D eigenvalue weighted by molar-refractivity contribution is 0.472. The van der Waals surface area contributed by atoms with Gasteiger partial charge in [0.25, 0.3) is 0 Å². The number of hydrogen-bond donors (Lipinski definition) is 1. The van der Waals surface area contributed by atoms with Crippen molar-refractivity contribution in [2.75, 3.05) is 6.54 Å². The fourth-order valence-corrected chi connectivity index (χ4v) is 2.14. The summed E-state index contributed by atoms with van der Waals surface area (Å²) in [6.07, 6.45) is 1.09. The topological polar surface area (TPSA) is 21.3 Å². The molecule has 0 radical (unpaired) electrons. The number of hydrogen-bond acceptors (Lipinski definition) is 2. The van der Waals surface area contributed by atoms with Crippen LogP contribution in [0.25, 0.3) is 0 Å². The summed E-state index contributed by atoms with van der Waals surface area (Å²) in [5.74, 6) is 1.56. The molecule has 106 valence electrons. The molecule has 2 aromatic rings. The van der Waals surface area contributed by atoms with Gasteiger partial charge in [-0.25, -0.2) is 0 Å². The number of benzene rings is 2. The lowest BCUT2D eigenvalue weighted by atomic mass is 10.2. The summed E-state index contributed by atoms with van der Waals surface area (Å²) in [6.45, 7) is 3.83. The Hall–Kier alpha value is -1.22. The van der Waals surface area contributed by atoms with Gasteiger partial charge < -0.3 is 10.1 Å². The predicted molar refractivity (Wildman–Crippen MR) is 85.0 cm³/mol. The molecule has 0 saturated heterocycles. The summed E-state index contributed by atoms with van der Waals surface area (Å²) in [6, 6.07) is 13.0. The third-order valence-corrected chi connectivity index (χ3v) is 3.29. The molecule has 0 unspecified atom stereocenters. The van der Waals surface area contributed by atoms with E-state index in [1.54, 1.807) is 0 Å². The van der Waals surface area contributed by atoms with Crippen molar-refractivity contribution in [3.8, 4) is 11.5 Å². The second-order valence-electron chi connectivity index (χ2n) is 4.48. The van der Waals surface area contributed by atoms with E-state index in [9.17, 15) is 0 Å². The minimum atomic E-state index is 0.693. The molecule has 4 heteroatoms. The summed E-state index contributed by atoms with van der Waals surface area (Å²) in [5.41, 5.74) is 1.04. The Balaban J connectivity index is 2.15. The second-order valence-corrected chi connectivity index (χ2v) is 5.36. The zero-order valence-electron chi connectivity index (χ0n) is 11.3. The third-order valence-electron chi connectivity index (χ3n) is 2.81. The van der Waals surface area contributed by atoms with Gasteiger partial charge in [-0.1, -0.05) is 30.1 Å². The highest BCUT2D eigenvalue weighted by molar-refractivity contribution is 6.30. The van der Waals surface area contributed by atoms with Gasteiger partial charge in [0.15, 0.2) is 0 Å². The summed E-state index contributed by atoms with van der Waals surface area (Å²) in [4.78, 5) is 0. The molecular weight excluding hydrogens is 293 g/mol. The molecule has 0 saturated carbocycles. The van der Waals surface area contributed by atoms with Crippen molar-refractivity contribution in [1.82, 2.24) is 5.32 Å². The van der Waals surface area contributed by atoms with Gasteiger partial charge in [-0.15, -0.1) is 0 Å². The second kappa shape index (κ2) is 7.53. The van der Waals surface area contributed by atoms with E-state index in [1.165, 1.54) is 0 Å². The molecule has 2 nitrogen and oxygen atoms in total. The Morgan fingerprint density at radius 1 is 1.00 bits per heavy atom. The molecule has 0 fully saturated rings. The van der Waals surface area contributed by atoms with Crippen molar-refractivity contribution >= 4 is 23.2 Å². The van der Waals surface area contributed by atoms with Gasteiger partial charge in [-0.2, -0.15) is 0 Å². The van der Waals surface area contributed by atoms with Crippen molar-refractivity contribution in [3.05, 3.63) is 58.1 Å². The maximum Gasteiger partial charge on any atom is 0.132 e. The Morgan fingerprint density at radius 2 is 1.70 bits per heavy atom. The SMILES string of the molecule is CCCNCc1cc(Cl)ccc1Oc1ccc(Cl)cc1. The molecule has 0 aliphatic carbocycles. The van der Waals surface area contributed by atoms with E-state index in [0.29, 0.717) is 10.0 Å². The van der Waals surface area contributed by atoms with Crippen molar-refractivity contribution in [2.24, 2.45) is 0 Å².